The summed E-state index contributed by atoms with van der Waals surface area (Å²) in [5.74, 6) is -2.22. The lowest BCUT2D eigenvalue weighted by molar-refractivity contribution is -0.163. The van der Waals surface area contributed by atoms with Gasteiger partial charge in [-0.3, -0.25) is 19.3 Å². The molecule has 0 unspecified atom stereocenters. The number of allylic oxidation sites excluding steroid dienone is 2. The van der Waals surface area contributed by atoms with Crippen LogP contribution in [-0.2, 0) is 23.9 Å². The van der Waals surface area contributed by atoms with E-state index in [1.54, 1.807) is 24.3 Å². The van der Waals surface area contributed by atoms with Crippen molar-refractivity contribution in [3.05, 3.63) is 36.4 Å². The molecule has 1 N–H and O–H groups in total. The molecule has 1 aliphatic carbocycles. The quantitative estimate of drug-likeness (QED) is 0.445. The van der Waals surface area contributed by atoms with Crippen LogP contribution in [0.5, 0.6) is 5.75 Å². The Balaban J connectivity index is 1.59. The smallest absolute Gasteiger partial charge is 0.329 e. The summed E-state index contributed by atoms with van der Waals surface area (Å²) < 4.78 is 10.3. The molecule has 0 radical (unpaired) electrons. The van der Waals surface area contributed by atoms with Crippen LogP contribution < -0.4 is 10.1 Å². The number of nitrogens with one attached hydrogen (secondary N) is 1. The van der Waals surface area contributed by atoms with E-state index in [1.807, 2.05) is 12.2 Å². The summed E-state index contributed by atoms with van der Waals surface area (Å²) in [6, 6.07) is 5.61. The number of benzene rings is 1. The topological polar surface area (TPSA) is 102 Å². The van der Waals surface area contributed by atoms with Gasteiger partial charge in [-0.15, -0.1) is 0 Å². The van der Waals surface area contributed by atoms with Gasteiger partial charge in [0.2, 0.25) is 11.8 Å². The van der Waals surface area contributed by atoms with Gasteiger partial charge in [0.25, 0.3) is 5.91 Å². The van der Waals surface area contributed by atoms with Gasteiger partial charge in [0.15, 0.2) is 6.10 Å². The average molecular weight is 400 g/mol. The minimum atomic E-state index is -1.09. The molecule has 1 heterocycles. The fourth-order valence-corrected chi connectivity index (χ4v) is 3.56. The SMILES string of the molecule is COc1ccc(NC(=O)[C@@H](C)OC(=O)[C@H](C)N2C(=O)[C@H]3CC=CC[C@@H]3C2=O)cc1. The number of fused-ring (bicyclic) bond motifs is 1. The Morgan fingerprint density at radius 3 is 2.10 bits per heavy atom. The Hall–Kier alpha value is -3.16. The second-order valence-electron chi connectivity index (χ2n) is 7.18. The summed E-state index contributed by atoms with van der Waals surface area (Å²) in [6.45, 7) is 2.87. The number of amides is 3. The third-order valence-corrected chi connectivity index (χ3v) is 5.29. The van der Waals surface area contributed by atoms with Gasteiger partial charge in [0.1, 0.15) is 11.8 Å². The molecule has 1 aromatic rings. The number of rotatable bonds is 6. The molecule has 1 aliphatic heterocycles. The van der Waals surface area contributed by atoms with Gasteiger partial charge < -0.3 is 14.8 Å². The molecule has 8 heteroatoms. The summed E-state index contributed by atoms with van der Waals surface area (Å²) in [4.78, 5) is 51.0. The molecule has 8 nitrogen and oxygen atoms in total. The number of nitrogens with zero attached hydrogens (tertiary/aromatic N) is 1. The normalized spacial score (nSPS) is 22.7. The molecule has 0 saturated carbocycles. The molecular formula is C21H24N2O6. The Bertz CT molecular complexity index is 821. The lowest BCUT2D eigenvalue weighted by Crippen LogP contribution is -2.46. The number of hydrogen-bond donors (Lipinski definition) is 1. The number of hydrogen-bond acceptors (Lipinski definition) is 6. The van der Waals surface area contributed by atoms with Crippen molar-refractivity contribution in [2.45, 2.75) is 38.8 Å². The number of imide groups is 1. The van der Waals surface area contributed by atoms with Crippen LogP contribution in [0.2, 0.25) is 0 Å². The summed E-state index contributed by atoms with van der Waals surface area (Å²) in [7, 11) is 1.54. The zero-order valence-electron chi connectivity index (χ0n) is 16.6. The predicted octanol–water partition coefficient (Wildman–Crippen LogP) is 1.91. The number of likely N-dealkylation sites (tertiary alicyclic amines) is 1. The van der Waals surface area contributed by atoms with Gasteiger partial charge in [-0.1, -0.05) is 12.2 Å². The fraction of sp³-hybridized carbons (Fsp3) is 0.429. The minimum absolute atomic E-state index is 0.357. The third-order valence-electron chi connectivity index (χ3n) is 5.29. The van der Waals surface area contributed by atoms with Crippen molar-refractivity contribution >= 4 is 29.4 Å². The van der Waals surface area contributed by atoms with E-state index < -0.39 is 35.9 Å². The van der Waals surface area contributed by atoms with Gasteiger partial charge in [-0.25, -0.2) is 4.79 Å². The Kier molecular flexibility index (Phi) is 6.00. The van der Waals surface area contributed by atoms with Crippen LogP contribution in [0.15, 0.2) is 36.4 Å². The van der Waals surface area contributed by atoms with Crippen molar-refractivity contribution in [2.75, 3.05) is 12.4 Å². The molecule has 154 valence electrons. The largest absolute Gasteiger partial charge is 0.497 e. The van der Waals surface area contributed by atoms with Crippen LogP contribution in [0.1, 0.15) is 26.7 Å². The van der Waals surface area contributed by atoms with E-state index in [2.05, 4.69) is 5.32 Å². The van der Waals surface area contributed by atoms with Gasteiger partial charge in [0.05, 0.1) is 18.9 Å². The Morgan fingerprint density at radius 1 is 1.03 bits per heavy atom. The molecule has 2 aliphatic rings. The van der Waals surface area contributed by atoms with Crippen LogP contribution in [0.25, 0.3) is 0 Å². The molecule has 1 saturated heterocycles. The molecular weight excluding hydrogens is 376 g/mol. The maximum Gasteiger partial charge on any atom is 0.329 e. The lowest BCUT2D eigenvalue weighted by Gasteiger charge is -2.23. The van der Waals surface area contributed by atoms with Crippen molar-refractivity contribution in [1.82, 2.24) is 4.90 Å². The van der Waals surface area contributed by atoms with Crippen molar-refractivity contribution in [3.63, 3.8) is 0 Å². The van der Waals surface area contributed by atoms with Gasteiger partial charge >= 0.3 is 5.97 Å². The van der Waals surface area contributed by atoms with Crippen molar-refractivity contribution in [3.8, 4) is 5.75 Å². The first-order valence-electron chi connectivity index (χ1n) is 9.50. The second kappa shape index (κ2) is 8.46. The standard InChI is InChI=1S/C21H24N2O6/c1-12(23-19(25)16-6-4-5-7-17(16)20(23)26)21(27)29-13(2)18(24)22-14-8-10-15(28-3)11-9-14/h4-5,8-13,16-17H,6-7H2,1-3H3,(H,22,24)/t12-,13+,16-,17-/m0/s1. The molecule has 0 bridgehead atoms. The third kappa shape index (κ3) is 4.16. The molecule has 4 atom stereocenters. The number of anilines is 1. The highest BCUT2D eigenvalue weighted by atomic mass is 16.5. The van der Waals surface area contributed by atoms with Crippen LogP contribution >= 0.6 is 0 Å². The van der Waals surface area contributed by atoms with Crippen LogP contribution in [-0.4, -0.2) is 47.8 Å². The molecule has 3 rings (SSSR count). The predicted molar refractivity (Wildman–Crippen MR) is 104 cm³/mol. The van der Waals surface area contributed by atoms with Crippen LogP contribution in [0.4, 0.5) is 5.69 Å². The number of methoxy groups -OCH3 is 1. The molecule has 0 aromatic heterocycles. The zero-order valence-corrected chi connectivity index (χ0v) is 16.6. The molecule has 3 amide bonds. The monoisotopic (exact) mass is 400 g/mol. The first-order valence-corrected chi connectivity index (χ1v) is 9.50. The minimum Gasteiger partial charge on any atom is -0.497 e. The molecule has 1 fully saturated rings. The fourth-order valence-electron chi connectivity index (χ4n) is 3.56. The molecule has 1 aromatic carbocycles. The number of carbonyl (C=O) groups is 4. The molecule has 0 spiro atoms. The highest BCUT2D eigenvalue weighted by Crippen LogP contribution is 2.36. The maximum atomic E-state index is 12.6. The first-order chi connectivity index (χ1) is 13.8. The maximum absolute atomic E-state index is 12.6. The van der Waals surface area contributed by atoms with E-state index in [4.69, 9.17) is 9.47 Å². The van der Waals surface area contributed by atoms with E-state index in [0.29, 0.717) is 24.3 Å². The number of carbonyl (C=O) groups excluding carboxylic acids is 4. The van der Waals surface area contributed by atoms with Crippen molar-refractivity contribution in [1.29, 1.82) is 0 Å². The lowest BCUT2D eigenvalue weighted by atomic mass is 9.85. The average Bonchev–Trinajstić information content (AvgIpc) is 2.98. The summed E-state index contributed by atoms with van der Waals surface area (Å²) in [6.07, 6.45) is 3.65. The van der Waals surface area contributed by atoms with Crippen LogP contribution in [0, 0.1) is 11.8 Å². The number of ether oxygens (including phenoxy) is 2. The summed E-state index contributed by atoms with van der Waals surface area (Å²) >= 11 is 0. The highest BCUT2D eigenvalue weighted by Gasteiger charge is 2.50. The van der Waals surface area contributed by atoms with Gasteiger partial charge in [0, 0.05) is 5.69 Å². The highest BCUT2D eigenvalue weighted by molar-refractivity contribution is 6.08. The van der Waals surface area contributed by atoms with Gasteiger partial charge in [-0.05, 0) is 51.0 Å². The Morgan fingerprint density at radius 2 is 1.59 bits per heavy atom. The van der Waals surface area contributed by atoms with Crippen molar-refractivity contribution < 1.29 is 28.7 Å². The van der Waals surface area contributed by atoms with Crippen molar-refractivity contribution in [2.24, 2.45) is 11.8 Å². The van der Waals surface area contributed by atoms with E-state index in [9.17, 15) is 19.2 Å². The summed E-state index contributed by atoms with van der Waals surface area (Å²) in [5, 5.41) is 2.64. The second-order valence-corrected chi connectivity index (χ2v) is 7.18. The summed E-state index contributed by atoms with van der Waals surface area (Å²) in [5.41, 5.74) is 0.522. The van der Waals surface area contributed by atoms with E-state index >= 15 is 0 Å². The number of esters is 1. The van der Waals surface area contributed by atoms with Gasteiger partial charge in [-0.2, -0.15) is 0 Å². The zero-order chi connectivity index (χ0) is 21.1. The van der Waals surface area contributed by atoms with Crippen LogP contribution in [0.3, 0.4) is 0 Å². The first kappa shape index (κ1) is 20.6. The Labute approximate surface area is 168 Å². The van der Waals surface area contributed by atoms with E-state index in [1.165, 1.54) is 21.0 Å². The van der Waals surface area contributed by atoms with E-state index in [-0.39, 0.29) is 11.8 Å². The van der Waals surface area contributed by atoms with E-state index in [0.717, 1.165) is 4.90 Å². The molecule has 29 heavy (non-hydrogen) atoms.